The lowest BCUT2D eigenvalue weighted by Gasteiger charge is -2.28. The van der Waals surface area contributed by atoms with Crippen molar-refractivity contribution in [2.24, 2.45) is 0 Å². The molecule has 0 saturated carbocycles. The van der Waals surface area contributed by atoms with E-state index < -0.39 is 0 Å². The van der Waals surface area contributed by atoms with Gasteiger partial charge in [-0.05, 0) is 24.1 Å². The van der Waals surface area contributed by atoms with E-state index in [0.29, 0.717) is 17.9 Å². The van der Waals surface area contributed by atoms with Crippen LogP contribution in [0.2, 0.25) is 5.02 Å². The van der Waals surface area contributed by atoms with Crippen molar-refractivity contribution in [3.05, 3.63) is 34.9 Å². The first-order valence-electron chi connectivity index (χ1n) is 5.30. The van der Waals surface area contributed by atoms with Crippen molar-refractivity contribution in [1.82, 2.24) is 5.06 Å². The van der Waals surface area contributed by atoms with Gasteiger partial charge in [-0.1, -0.05) is 23.7 Å². The fourth-order valence-corrected chi connectivity index (χ4v) is 2.08. The molecule has 1 fully saturated rings. The number of halogens is 1. The molecule has 1 atom stereocenters. The molecule has 2 amide bonds. The number of carbonyl (C=O) groups is 2. The molecule has 0 aromatic heterocycles. The van der Waals surface area contributed by atoms with E-state index in [0.717, 1.165) is 10.6 Å². The van der Waals surface area contributed by atoms with Crippen LogP contribution in [0.1, 0.15) is 24.3 Å². The summed E-state index contributed by atoms with van der Waals surface area (Å²) in [5.41, 5.74) is 0.856. The number of hydroxylamine groups is 2. The van der Waals surface area contributed by atoms with E-state index in [-0.39, 0.29) is 17.7 Å². The molecule has 1 aromatic rings. The quantitative estimate of drug-likeness (QED) is 0.759. The molecule has 1 aliphatic rings. The monoisotopic (exact) mass is 253 g/mol. The summed E-state index contributed by atoms with van der Waals surface area (Å²) in [4.78, 5) is 28.2. The van der Waals surface area contributed by atoms with E-state index in [2.05, 4.69) is 0 Å². The molecule has 1 saturated heterocycles. The van der Waals surface area contributed by atoms with E-state index in [1.165, 1.54) is 7.11 Å². The van der Waals surface area contributed by atoms with Crippen molar-refractivity contribution < 1.29 is 14.4 Å². The smallest absolute Gasteiger partial charge is 0.261 e. The summed E-state index contributed by atoms with van der Waals surface area (Å²) in [6, 6.07) is 7.07. The topological polar surface area (TPSA) is 46.6 Å². The molecule has 90 valence electrons. The van der Waals surface area contributed by atoms with Crippen LogP contribution in [0.3, 0.4) is 0 Å². The standard InChI is InChI=1S/C12H12ClNO3/c1-17-14-11(15)7-6-10(12(14)16)8-2-4-9(13)5-3-8/h2-5,10H,6-7H2,1H3. The average molecular weight is 254 g/mol. The Balaban J connectivity index is 2.25. The molecule has 2 rings (SSSR count). The Morgan fingerprint density at radius 3 is 2.53 bits per heavy atom. The lowest BCUT2D eigenvalue weighted by molar-refractivity contribution is -0.192. The van der Waals surface area contributed by atoms with Gasteiger partial charge in [-0.3, -0.25) is 14.4 Å². The molecule has 1 aliphatic heterocycles. The number of piperidine rings is 1. The average Bonchev–Trinajstić information content (AvgIpc) is 2.31. The molecule has 0 aliphatic carbocycles. The van der Waals surface area contributed by atoms with E-state index in [1.54, 1.807) is 24.3 Å². The Morgan fingerprint density at radius 2 is 1.94 bits per heavy atom. The van der Waals surface area contributed by atoms with Gasteiger partial charge in [0.25, 0.3) is 11.8 Å². The Hall–Kier alpha value is -1.39. The third-order valence-corrected chi connectivity index (χ3v) is 3.08. The number of hydrogen-bond donors (Lipinski definition) is 0. The van der Waals surface area contributed by atoms with Crippen LogP contribution in [-0.2, 0) is 14.4 Å². The van der Waals surface area contributed by atoms with Gasteiger partial charge in [0.2, 0.25) is 0 Å². The Kier molecular flexibility index (Phi) is 3.45. The van der Waals surface area contributed by atoms with Gasteiger partial charge < -0.3 is 0 Å². The molecule has 0 spiro atoms. The maximum Gasteiger partial charge on any atom is 0.261 e. The van der Waals surface area contributed by atoms with Gasteiger partial charge in [-0.25, -0.2) is 0 Å². The summed E-state index contributed by atoms with van der Waals surface area (Å²) in [7, 11) is 1.32. The van der Waals surface area contributed by atoms with Crippen molar-refractivity contribution in [1.29, 1.82) is 0 Å². The SMILES string of the molecule is CON1C(=O)CCC(c2ccc(Cl)cc2)C1=O. The highest BCUT2D eigenvalue weighted by Gasteiger charge is 2.35. The molecule has 1 aromatic carbocycles. The summed E-state index contributed by atoms with van der Waals surface area (Å²) in [6.45, 7) is 0. The summed E-state index contributed by atoms with van der Waals surface area (Å²) in [5.74, 6) is -0.932. The highest BCUT2D eigenvalue weighted by atomic mass is 35.5. The van der Waals surface area contributed by atoms with Crippen LogP contribution in [0, 0.1) is 0 Å². The van der Waals surface area contributed by atoms with Gasteiger partial charge in [0, 0.05) is 11.4 Å². The van der Waals surface area contributed by atoms with Crippen molar-refractivity contribution in [2.75, 3.05) is 7.11 Å². The number of benzene rings is 1. The fraction of sp³-hybridized carbons (Fsp3) is 0.333. The third-order valence-electron chi connectivity index (χ3n) is 2.83. The first-order valence-corrected chi connectivity index (χ1v) is 5.67. The third kappa shape index (κ3) is 2.33. The van der Waals surface area contributed by atoms with Crippen molar-refractivity contribution in [3.8, 4) is 0 Å². The van der Waals surface area contributed by atoms with E-state index >= 15 is 0 Å². The normalized spacial score (nSPS) is 20.8. The van der Waals surface area contributed by atoms with Gasteiger partial charge in [-0.15, -0.1) is 0 Å². The van der Waals surface area contributed by atoms with Crippen molar-refractivity contribution in [3.63, 3.8) is 0 Å². The lowest BCUT2D eigenvalue weighted by Crippen LogP contribution is -2.43. The van der Waals surface area contributed by atoms with Crippen LogP contribution in [0.15, 0.2) is 24.3 Å². The van der Waals surface area contributed by atoms with Crippen molar-refractivity contribution >= 4 is 23.4 Å². The number of nitrogens with zero attached hydrogens (tertiary/aromatic N) is 1. The number of amides is 2. The zero-order valence-corrected chi connectivity index (χ0v) is 10.1. The van der Waals surface area contributed by atoms with Crippen LogP contribution >= 0.6 is 11.6 Å². The Labute approximate surface area is 104 Å². The van der Waals surface area contributed by atoms with E-state index in [1.807, 2.05) is 0 Å². The Bertz CT molecular complexity index is 444. The van der Waals surface area contributed by atoms with Crippen LogP contribution in [0.4, 0.5) is 0 Å². The molecule has 1 heterocycles. The highest BCUT2D eigenvalue weighted by molar-refractivity contribution is 6.30. The molecule has 0 radical (unpaired) electrons. The van der Waals surface area contributed by atoms with Crippen molar-refractivity contribution in [2.45, 2.75) is 18.8 Å². The molecule has 17 heavy (non-hydrogen) atoms. The van der Waals surface area contributed by atoms with E-state index in [4.69, 9.17) is 16.4 Å². The van der Waals surface area contributed by atoms with E-state index in [9.17, 15) is 9.59 Å². The van der Waals surface area contributed by atoms with Gasteiger partial charge in [0.1, 0.15) is 0 Å². The maximum atomic E-state index is 12.0. The number of hydrogen-bond acceptors (Lipinski definition) is 3. The van der Waals surface area contributed by atoms with Gasteiger partial charge >= 0.3 is 0 Å². The molecule has 5 heteroatoms. The number of imide groups is 1. The summed E-state index contributed by atoms with van der Waals surface area (Å²) < 4.78 is 0. The summed E-state index contributed by atoms with van der Waals surface area (Å²) in [5, 5.41) is 1.46. The first kappa shape index (κ1) is 12.1. The first-order chi connectivity index (χ1) is 8.13. The zero-order valence-electron chi connectivity index (χ0n) is 9.35. The predicted octanol–water partition coefficient (Wildman–Crippen LogP) is 2.13. The van der Waals surface area contributed by atoms with Crippen LogP contribution in [0.5, 0.6) is 0 Å². The highest BCUT2D eigenvalue weighted by Crippen LogP contribution is 2.29. The second-order valence-corrected chi connectivity index (χ2v) is 4.29. The van der Waals surface area contributed by atoms with Crippen LogP contribution < -0.4 is 0 Å². The largest absolute Gasteiger partial charge is 0.272 e. The Morgan fingerprint density at radius 1 is 1.29 bits per heavy atom. The predicted molar refractivity (Wildman–Crippen MR) is 62.3 cm³/mol. The number of carbonyl (C=O) groups excluding carboxylic acids is 2. The minimum Gasteiger partial charge on any atom is -0.272 e. The number of rotatable bonds is 2. The second-order valence-electron chi connectivity index (χ2n) is 3.85. The fourth-order valence-electron chi connectivity index (χ4n) is 1.95. The molecule has 1 unspecified atom stereocenters. The van der Waals surface area contributed by atoms with Gasteiger partial charge in [0.15, 0.2) is 0 Å². The molecule has 4 nitrogen and oxygen atoms in total. The molecular weight excluding hydrogens is 242 g/mol. The minimum atomic E-state index is -0.329. The maximum absolute atomic E-state index is 12.0. The summed E-state index contributed by atoms with van der Waals surface area (Å²) in [6.07, 6.45) is 0.825. The molecule has 0 N–H and O–H groups in total. The summed E-state index contributed by atoms with van der Waals surface area (Å²) >= 11 is 5.79. The van der Waals surface area contributed by atoms with Crippen LogP contribution in [0.25, 0.3) is 0 Å². The minimum absolute atomic E-state index is 0.289. The molecule has 0 bridgehead atoms. The van der Waals surface area contributed by atoms with Gasteiger partial charge in [0.05, 0.1) is 13.0 Å². The van der Waals surface area contributed by atoms with Crippen LogP contribution in [-0.4, -0.2) is 24.0 Å². The van der Waals surface area contributed by atoms with Gasteiger partial charge in [-0.2, -0.15) is 5.06 Å². The second kappa shape index (κ2) is 4.85. The zero-order chi connectivity index (χ0) is 12.4. The lowest BCUT2D eigenvalue weighted by atomic mass is 9.90. The molecular formula is C12H12ClNO3.